The number of hydrogen-bond acceptors (Lipinski definition) is 3. The molecule has 0 amide bonds. The van der Waals surface area contributed by atoms with Crippen molar-refractivity contribution < 1.29 is 9.64 Å². The highest BCUT2D eigenvalue weighted by molar-refractivity contribution is 6.24. The summed E-state index contributed by atoms with van der Waals surface area (Å²) >= 11 is 0. The number of ketones is 1. The van der Waals surface area contributed by atoms with Gasteiger partial charge in [0.15, 0.2) is 5.78 Å². The molecule has 0 saturated heterocycles. The normalized spacial score (nSPS) is 17.9. The van der Waals surface area contributed by atoms with E-state index in [-0.39, 0.29) is 5.78 Å². The van der Waals surface area contributed by atoms with E-state index < -0.39 is 0 Å². The molecule has 2 aliphatic rings. The molecule has 0 spiro atoms. The summed E-state index contributed by atoms with van der Waals surface area (Å²) < 4.78 is 0. The van der Waals surface area contributed by atoms with Gasteiger partial charge in [0, 0.05) is 12.0 Å². The average Bonchev–Trinajstić information content (AvgIpc) is 2.44. The standard InChI is InChI=1S/C13H10N2O2/c16-12-7-3-6-11-13(12)10-5-2-1-4-9(10)8-15(17)14-11/h1-6,8,14H,7H2. The van der Waals surface area contributed by atoms with Gasteiger partial charge in [-0.1, -0.05) is 29.1 Å². The number of nitrogens with zero attached hydrogens (tertiary/aromatic N) is 1. The zero-order valence-corrected chi connectivity index (χ0v) is 9.01. The van der Waals surface area contributed by atoms with Crippen molar-refractivity contribution in [3.8, 4) is 0 Å². The molecule has 0 fully saturated rings. The lowest BCUT2D eigenvalue weighted by atomic mass is 9.91. The fourth-order valence-corrected chi connectivity index (χ4v) is 2.12. The first kappa shape index (κ1) is 9.84. The first-order chi connectivity index (χ1) is 8.25. The van der Waals surface area contributed by atoms with Crippen LogP contribution in [0.4, 0.5) is 0 Å². The van der Waals surface area contributed by atoms with Gasteiger partial charge < -0.3 is 5.21 Å². The van der Waals surface area contributed by atoms with Crippen LogP contribution in [0.5, 0.6) is 0 Å². The molecule has 0 aromatic heterocycles. The van der Waals surface area contributed by atoms with E-state index in [4.69, 9.17) is 0 Å². The Morgan fingerprint density at radius 1 is 1.29 bits per heavy atom. The number of carbonyl (C=O) groups excluding carboxylic acids is 1. The molecule has 1 heterocycles. The molecule has 0 radical (unpaired) electrons. The average molecular weight is 226 g/mol. The SMILES string of the molecule is O=C1CC=CC2=C1c1ccccc1C=[N+]([O-])N2. The van der Waals surface area contributed by atoms with E-state index in [9.17, 15) is 10.0 Å². The lowest BCUT2D eigenvalue weighted by Gasteiger charge is -2.13. The largest absolute Gasteiger partial charge is 0.596 e. The van der Waals surface area contributed by atoms with Crippen LogP contribution in [0.3, 0.4) is 0 Å². The Morgan fingerprint density at radius 2 is 2.12 bits per heavy atom. The summed E-state index contributed by atoms with van der Waals surface area (Å²) in [5.41, 5.74) is 5.38. The van der Waals surface area contributed by atoms with Gasteiger partial charge in [0.1, 0.15) is 5.70 Å². The molecule has 4 nitrogen and oxygen atoms in total. The van der Waals surface area contributed by atoms with E-state index >= 15 is 0 Å². The second kappa shape index (κ2) is 3.59. The first-order valence-electron chi connectivity index (χ1n) is 5.37. The number of nitrogens with one attached hydrogen (secondary N) is 1. The molecule has 1 aliphatic carbocycles. The first-order valence-corrected chi connectivity index (χ1v) is 5.37. The predicted molar refractivity (Wildman–Crippen MR) is 64.1 cm³/mol. The highest BCUT2D eigenvalue weighted by Gasteiger charge is 2.25. The minimum absolute atomic E-state index is 0.0335. The molecule has 4 heteroatoms. The van der Waals surface area contributed by atoms with Crippen LogP contribution in [0.15, 0.2) is 42.1 Å². The van der Waals surface area contributed by atoms with Crippen LogP contribution < -0.4 is 5.43 Å². The third-order valence-electron chi connectivity index (χ3n) is 2.85. The van der Waals surface area contributed by atoms with Gasteiger partial charge in [-0.3, -0.25) is 4.79 Å². The maximum absolute atomic E-state index is 12.0. The van der Waals surface area contributed by atoms with Crippen LogP contribution in [0.25, 0.3) is 5.57 Å². The molecule has 0 bridgehead atoms. The van der Waals surface area contributed by atoms with Crippen molar-refractivity contribution in [2.75, 3.05) is 0 Å². The van der Waals surface area contributed by atoms with Gasteiger partial charge in [-0.15, -0.1) is 0 Å². The maximum Gasteiger partial charge on any atom is 0.215 e. The second-order valence-electron chi connectivity index (χ2n) is 3.97. The Bertz CT molecular complexity index is 597. The molecule has 0 unspecified atom stereocenters. The Balaban J connectivity index is 2.31. The van der Waals surface area contributed by atoms with E-state index in [0.29, 0.717) is 22.5 Å². The van der Waals surface area contributed by atoms with Gasteiger partial charge in [-0.05, 0) is 12.1 Å². The number of Topliss-reactive ketones (excluding diaryl/α,β-unsaturated/α-hetero) is 1. The summed E-state index contributed by atoms with van der Waals surface area (Å²) in [5, 5.41) is 11.6. The maximum atomic E-state index is 12.0. The minimum Gasteiger partial charge on any atom is -0.596 e. The molecule has 1 N–H and O–H groups in total. The lowest BCUT2D eigenvalue weighted by Crippen LogP contribution is -2.24. The summed E-state index contributed by atoms with van der Waals surface area (Å²) in [5.74, 6) is 0.0335. The van der Waals surface area contributed by atoms with Crippen LogP contribution in [0, 0.1) is 5.21 Å². The van der Waals surface area contributed by atoms with Crippen LogP contribution in [-0.2, 0) is 4.79 Å². The van der Waals surface area contributed by atoms with Gasteiger partial charge in [0.2, 0.25) is 6.21 Å². The number of carbonyl (C=O) groups is 1. The van der Waals surface area contributed by atoms with Gasteiger partial charge in [-0.2, -0.15) is 5.43 Å². The summed E-state index contributed by atoms with van der Waals surface area (Å²) in [7, 11) is 0. The molecule has 0 saturated carbocycles. The summed E-state index contributed by atoms with van der Waals surface area (Å²) in [6.45, 7) is 0. The smallest absolute Gasteiger partial charge is 0.215 e. The molecule has 17 heavy (non-hydrogen) atoms. The number of rotatable bonds is 0. The van der Waals surface area contributed by atoms with Gasteiger partial charge in [0.25, 0.3) is 0 Å². The van der Waals surface area contributed by atoms with Crippen LogP contribution in [0.1, 0.15) is 17.5 Å². The highest BCUT2D eigenvalue weighted by atomic mass is 16.5. The summed E-state index contributed by atoms with van der Waals surface area (Å²) in [4.78, 5) is 12.6. The molecule has 0 atom stereocenters. The van der Waals surface area contributed by atoms with Crippen molar-refractivity contribution >= 4 is 17.6 Å². The number of hydrazone groups is 1. The van der Waals surface area contributed by atoms with Crippen molar-refractivity contribution in [1.29, 1.82) is 0 Å². The Kier molecular flexibility index (Phi) is 2.08. The van der Waals surface area contributed by atoms with Gasteiger partial charge in [-0.25, -0.2) is 0 Å². The van der Waals surface area contributed by atoms with Crippen LogP contribution in [0.2, 0.25) is 0 Å². The molecule has 1 aliphatic heterocycles. The lowest BCUT2D eigenvalue weighted by molar-refractivity contribution is -0.508. The monoisotopic (exact) mass is 226 g/mol. The zero-order chi connectivity index (χ0) is 11.8. The Hall–Kier alpha value is -2.36. The minimum atomic E-state index is 0.0335. The molecular weight excluding hydrogens is 216 g/mol. The zero-order valence-electron chi connectivity index (χ0n) is 9.01. The number of hydrazine groups is 1. The number of fused-ring (bicyclic) bond motifs is 2. The third-order valence-corrected chi connectivity index (χ3v) is 2.85. The van der Waals surface area contributed by atoms with E-state index in [1.165, 1.54) is 6.21 Å². The van der Waals surface area contributed by atoms with Crippen LogP contribution in [-0.4, -0.2) is 16.8 Å². The third kappa shape index (κ3) is 1.54. The molecule has 84 valence electrons. The van der Waals surface area contributed by atoms with Crippen molar-refractivity contribution in [3.05, 3.63) is 58.4 Å². The summed E-state index contributed by atoms with van der Waals surface area (Å²) in [6, 6.07) is 7.39. The molecule has 3 rings (SSSR count). The quantitative estimate of drug-likeness (QED) is 0.537. The van der Waals surface area contributed by atoms with E-state index in [1.807, 2.05) is 24.3 Å². The molecular formula is C13H10N2O2. The molecule has 1 aromatic carbocycles. The van der Waals surface area contributed by atoms with Crippen molar-refractivity contribution in [2.45, 2.75) is 6.42 Å². The highest BCUT2D eigenvalue weighted by Crippen LogP contribution is 2.27. The van der Waals surface area contributed by atoms with Gasteiger partial charge >= 0.3 is 0 Å². The number of benzene rings is 1. The summed E-state index contributed by atoms with van der Waals surface area (Å²) in [6.07, 6.45) is 5.36. The number of hydrogen-bond donors (Lipinski definition) is 1. The van der Waals surface area contributed by atoms with Crippen molar-refractivity contribution in [3.63, 3.8) is 0 Å². The Morgan fingerprint density at radius 3 is 3.00 bits per heavy atom. The fraction of sp³-hybridized carbons (Fsp3) is 0.0769. The van der Waals surface area contributed by atoms with E-state index in [1.54, 1.807) is 12.2 Å². The van der Waals surface area contributed by atoms with E-state index in [0.717, 1.165) is 11.1 Å². The fourth-order valence-electron chi connectivity index (χ4n) is 2.12. The molecule has 1 aromatic rings. The van der Waals surface area contributed by atoms with E-state index in [2.05, 4.69) is 5.43 Å². The second-order valence-corrected chi connectivity index (χ2v) is 3.97. The van der Waals surface area contributed by atoms with Gasteiger partial charge in [0.05, 0.1) is 11.1 Å². The number of allylic oxidation sites excluding steroid dienone is 3. The van der Waals surface area contributed by atoms with Crippen molar-refractivity contribution in [1.82, 2.24) is 5.43 Å². The Labute approximate surface area is 98.1 Å². The predicted octanol–water partition coefficient (Wildman–Crippen LogP) is 1.37. The topological polar surface area (TPSA) is 55.2 Å². The van der Waals surface area contributed by atoms with Crippen LogP contribution >= 0.6 is 0 Å². The van der Waals surface area contributed by atoms with Crippen molar-refractivity contribution in [2.24, 2.45) is 0 Å².